The molecule has 0 aliphatic carbocycles. The number of pyridine rings is 1. The van der Waals surface area contributed by atoms with Crippen LogP contribution in [0.25, 0.3) is 11.1 Å². The molecule has 5 nitrogen and oxygen atoms in total. The van der Waals surface area contributed by atoms with E-state index in [2.05, 4.69) is 4.74 Å². The van der Waals surface area contributed by atoms with Crippen LogP contribution in [0.15, 0.2) is 41.3 Å². The third kappa shape index (κ3) is 3.55. The number of aryl methyl sites for hydroxylation is 1. The Morgan fingerprint density at radius 2 is 2.00 bits per heavy atom. The van der Waals surface area contributed by atoms with E-state index >= 15 is 0 Å². The van der Waals surface area contributed by atoms with Gasteiger partial charge >= 0.3 is 5.97 Å². The monoisotopic (exact) mass is 320 g/mol. The molecular formula is C16H17ClN2O3. The summed E-state index contributed by atoms with van der Waals surface area (Å²) >= 11 is 6.00. The van der Waals surface area contributed by atoms with Crippen LogP contribution in [0.4, 0.5) is 0 Å². The summed E-state index contributed by atoms with van der Waals surface area (Å²) in [6, 6.07) is 8.23. The molecule has 0 spiro atoms. The van der Waals surface area contributed by atoms with Gasteiger partial charge in [-0.25, -0.2) is 0 Å². The van der Waals surface area contributed by atoms with Gasteiger partial charge in [-0.3, -0.25) is 9.59 Å². The predicted molar refractivity (Wildman–Crippen MR) is 85.8 cm³/mol. The molecule has 1 aromatic carbocycles. The van der Waals surface area contributed by atoms with Crippen LogP contribution in [-0.4, -0.2) is 23.7 Å². The van der Waals surface area contributed by atoms with Gasteiger partial charge in [0.05, 0.1) is 12.1 Å². The number of esters is 1. The number of hydrogen-bond donors (Lipinski definition) is 1. The van der Waals surface area contributed by atoms with Crippen molar-refractivity contribution in [3.05, 3.63) is 57.5 Å². The Balaban J connectivity index is 2.26. The van der Waals surface area contributed by atoms with E-state index in [4.69, 9.17) is 17.3 Å². The highest BCUT2D eigenvalue weighted by molar-refractivity contribution is 6.30. The summed E-state index contributed by atoms with van der Waals surface area (Å²) in [6.45, 7) is 0. The fourth-order valence-corrected chi connectivity index (χ4v) is 2.44. The van der Waals surface area contributed by atoms with E-state index in [1.807, 2.05) is 24.3 Å². The lowest BCUT2D eigenvalue weighted by Gasteiger charge is -2.10. The molecule has 1 aromatic heterocycles. The summed E-state index contributed by atoms with van der Waals surface area (Å²) in [5, 5.41) is 0.494. The highest BCUT2D eigenvalue weighted by Gasteiger charge is 2.14. The number of benzene rings is 1. The molecule has 2 N–H and O–H groups in total. The minimum atomic E-state index is -0.699. The second-order valence-electron chi connectivity index (χ2n) is 5.02. The van der Waals surface area contributed by atoms with Gasteiger partial charge in [-0.2, -0.15) is 0 Å². The molecule has 0 bridgehead atoms. The van der Waals surface area contributed by atoms with Crippen LogP contribution in [0.5, 0.6) is 0 Å². The topological polar surface area (TPSA) is 74.3 Å². The molecule has 0 aliphatic heterocycles. The molecule has 0 amide bonds. The number of hydrogen-bond acceptors (Lipinski definition) is 4. The maximum atomic E-state index is 12.1. The van der Waals surface area contributed by atoms with Crippen LogP contribution >= 0.6 is 11.6 Å². The Morgan fingerprint density at radius 1 is 1.36 bits per heavy atom. The van der Waals surface area contributed by atoms with Gasteiger partial charge in [0.1, 0.15) is 6.04 Å². The molecule has 1 heterocycles. The van der Waals surface area contributed by atoms with Crippen molar-refractivity contribution in [1.82, 2.24) is 4.57 Å². The lowest BCUT2D eigenvalue weighted by Crippen LogP contribution is -2.33. The zero-order valence-corrected chi connectivity index (χ0v) is 13.1. The number of aromatic nitrogens is 1. The van der Waals surface area contributed by atoms with Crippen molar-refractivity contribution in [1.29, 1.82) is 0 Å². The maximum absolute atomic E-state index is 12.1. The molecule has 0 saturated carbocycles. The third-order valence-electron chi connectivity index (χ3n) is 3.37. The van der Waals surface area contributed by atoms with Gasteiger partial charge in [-0.1, -0.05) is 35.9 Å². The SMILES string of the molecule is COC(=O)C(N)Cc1ccc(-c2cc(Cl)cn(C)c2=O)cc1. The molecule has 1 unspecified atom stereocenters. The molecule has 1 atom stereocenters. The first-order chi connectivity index (χ1) is 10.4. The second-order valence-corrected chi connectivity index (χ2v) is 5.46. The average molecular weight is 321 g/mol. The van der Waals surface area contributed by atoms with Gasteiger partial charge in [0.2, 0.25) is 0 Å². The van der Waals surface area contributed by atoms with Crippen LogP contribution in [-0.2, 0) is 23.0 Å². The van der Waals surface area contributed by atoms with Crippen molar-refractivity contribution in [2.75, 3.05) is 7.11 Å². The first-order valence-corrected chi connectivity index (χ1v) is 7.09. The number of carbonyl (C=O) groups excluding carboxylic acids is 1. The lowest BCUT2D eigenvalue weighted by atomic mass is 10.0. The number of carbonyl (C=O) groups is 1. The van der Waals surface area contributed by atoms with Crippen LogP contribution in [0.2, 0.25) is 5.02 Å². The van der Waals surface area contributed by atoms with Crippen molar-refractivity contribution in [2.45, 2.75) is 12.5 Å². The Bertz CT molecular complexity index is 738. The second kappa shape index (κ2) is 6.77. The van der Waals surface area contributed by atoms with Gasteiger partial charge < -0.3 is 15.0 Å². The van der Waals surface area contributed by atoms with E-state index in [9.17, 15) is 9.59 Å². The number of halogens is 1. The van der Waals surface area contributed by atoms with Crippen molar-refractivity contribution in [3.63, 3.8) is 0 Å². The van der Waals surface area contributed by atoms with Gasteiger partial charge in [0, 0.05) is 18.8 Å². The number of ether oxygens (including phenoxy) is 1. The normalized spacial score (nSPS) is 12.0. The molecule has 6 heteroatoms. The van der Waals surface area contributed by atoms with E-state index < -0.39 is 12.0 Å². The molecule has 2 aromatic rings. The Hall–Kier alpha value is -2.11. The van der Waals surface area contributed by atoms with Crippen LogP contribution in [0, 0.1) is 0 Å². The Morgan fingerprint density at radius 3 is 2.59 bits per heavy atom. The molecule has 116 valence electrons. The van der Waals surface area contributed by atoms with Crippen molar-refractivity contribution >= 4 is 17.6 Å². The fourth-order valence-electron chi connectivity index (χ4n) is 2.19. The average Bonchev–Trinajstić information content (AvgIpc) is 2.50. The van der Waals surface area contributed by atoms with Crippen molar-refractivity contribution in [3.8, 4) is 11.1 Å². The van der Waals surface area contributed by atoms with Crippen LogP contribution in [0.3, 0.4) is 0 Å². The Labute approximate surface area is 133 Å². The highest BCUT2D eigenvalue weighted by atomic mass is 35.5. The zero-order valence-electron chi connectivity index (χ0n) is 12.4. The number of methoxy groups -OCH3 is 1. The summed E-state index contributed by atoms with van der Waals surface area (Å²) < 4.78 is 6.04. The van der Waals surface area contributed by atoms with Gasteiger partial charge in [-0.15, -0.1) is 0 Å². The van der Waals surface area contributed by atoms with Gasteiger partial charge in [0.25, 0.3) is 5.56 Å². The van der Waals surface area contributed by atoms with Crippen LogP contribution in [0.1, 0.15) is 5.56 Å². The van der Waals surface area contributed by atoms with E-state index in [0.29, 0.717) is 17.0 Å². The fraction of sp³-hybridized carbons (Fsp3) is 0.250. The quantitative estimate of drug-likeness (QED) is 0.871. The van der Waals surface area contributed by atoms with E-state index in [-0.39, 0.29) is 5.56 Å². The van der Waals surface area contributed by atoms with Crippen molar-refractivity contribution < 1.29 is 9.53 Å². The molecule has 2 rings (SSSR count). The molecule has 0 saturated heterocycles. The zero-order chi connectivity index (χ0) is 16.3. The van der Waals surface area contributed by atoms with E-state index in [0.717, 1.165) is 11.1 Å². The summed E-state index contributed by atoms with van der Waals surface area (Å²) in [4.78, 5) is 23.5. The van der Waals surface area contributed by atoms with E-state index in [1.165, 1.54) is 11.7 Å². The number of nitrogens with zero attached hydrogens (tertiary/aromatic N) is 1. The smallest absolute Gasteiger partial charge is 0.322 e. The minimum absolute atomic E-state index is 0.122. The van der Waals surface area contributed by atoms with Crippen molar-refractivity contribution in [2.24, 2.45) is 12.8 Å². The van der Waals surface area contributed by atoms with Gasteiger partial charge in [-0.05, 0) is 23.6 Å². The summed E-state index contributed by atoms with van der Waals surface area (Å²) in [5.41, 5.74) is 7.78. The predicted octanol–water partition coefficient (Wildman–Crippen LogP) is 1.75. The van der Waals surface area contributed by atoms with E-state index in [1.54, 1.807) is 19.3 Å². The molecular weight excluding hydrogens is 304 g/mol. The summed E-state index contributed by atoms with van der Waals surface area (Å²) in [5.74, 6) is -0.451. The first kappa shape index (κ1) is 16.3. The third-order valence-corrected chi connectivity index (χ3v) is 3.58. The summed E-state index contributed by atoms with van der Waals surface area (Å²) in [7, 11) is 2.96. The van der Waals surface area contributed by atoms with Gasteiger partial charge in [0.15, 0.2) is 0 Å². The minimum Gasteiger partial charge on any atom is -0.468 e. The maximum Gasteiger partial charge on any atom is 0.322 e. The molecule has 0 fully saturated rings. The molecule has 0 radical (unpaired) electrons. The lowest BCUT2D eigenvalue weighted by molar-refractivity contribution is -0.142. The van der Waals surface area contributed by atoms with Crippen LogP contribution < -0.4 is 11.3 Å². The standard InChI is InChI=1S/C16H17ClN2O3/c1-19-9-12(17)8-13(15(19)20)11-5-3-10(4-6-11)7-14(18)16(21)22-2/h3-6,8-9,14H,7,18H2,1-2H3. The first-order valence-electron chi connectivity index (χ1n) is 6.71. The molecule has 0 aliphatic rings. The highest BCUT2D eigenvalue weighted by Crippen LogP contribution is 2.20. The Kier molecular flexibility index (Phi) is 5.00. The largest absolute Gasteiger partial charge is 0.468 e. The summed E-state index contributed by atoms with van der Waals surface area (Å²) in [6.07, 6.45) is 1.94. The number of nitrogens with two attached hydrogens (primary N) is 1. The number of rotatable bonds is 4. The molecule has 22 heavy (non-hydrogen) atoms.